The Hall–Kier alpha value is -2.56. The number of amides is 2. The lowest BCUT2D eigenvalue weighted by atomic mass is 10.2. The van der Waals surface area contributed by atoms with Gasteiger partial charge in [0.15, 0.2) is 0 Å². The van der Waals surface area contributed by atoms with Crippen molar-refractivity contribution in [2.24, 2.45) is 0 Å². The van der Waals surface area contributed by atoms with Gasteiger partial charge in [0.1, 0.15) is 0 Å². The number of nitrogens with zero attached hydrogens (tertiary/aromatic N) is 2. The molecule has 1 aliphatic rings. The van der Waals surface area contributed by atoms with Gasteiger partial charge in [-0.1, -0.05) is 6.07 Å². The van der Waals surface area contributed by atoms with Crippen LogP contribution in [0.3, 0.4) is 0 Å². The summed E-state index contributed by atoms with van der Waals surface area (Å²) < 4.78 is 0. The fourth-order valence-corrected chi connectivity index (χ4v) is 2.18. The maximum absolute atomic E-state index is 11.6. The molecule has 1 aromatic carbocycles. The van der Waals surface area contributed by atoms with E-state index in [2.05, 4.69) is 15.6 Å². The number of urea groups is 1. The predicted molar refractivity (Wildman–Crippen MR) is 78.8 cm³/mol. The minimum absolute atomic E-state index is 0.0268. The van der Waals surface area contributed by atoms with Crippen molar-refractivity contribution in [2.75, 3.05) is 23.3 Å². The topological polar surface area (TPSA) is 57.3 Å². The van der Waals surface area contributed by atoms with Crippen LogP contribution >= 0.6 is 0 Å². The number of carbonyl (C=O) groups is 1. The van der Waals surface area contributed by atoms with Crippen LogP contribution in [0.1, 0.15) is 5.56 Å². The summed E-state index contributed by atoms with van der Waals surface area (Å²) in [5.74, 6) is 0. The van der Waals surface area contributed by atoms with Crippen LogP contribution in [0.4, 0.5) is 16.2 Å². The molecule has 0 radical (unpaired) electrons. The van der Waals surface area contributed by atoms with Gasteiger partial charge in [0.25, 0.3) is 0 Å². The summed E-state index contributed by atoms with van der Waals surface area (Å²) >= 11 is 0. The van der Waals surface area contributed by atoms with Crippen LogP contribution in [-0.2, 0) is 6.54 Å². The molecule has 0 atom stereocenters. The van der Waals surface area contributed by atoms with E-state index in [-0.39, 0.29) is 6.03 Å². The van der Waals surface area contributed by atoms with Crippen LogP contribution in [0.2, 0.25) is 0 Å². The Morgan fingerprint density at radius 2 is 2.10 bits per heavy atom. The summed E-state index contributed by atoms with van der Waals surface area (Å²) in [6.45, 7) is 2.17. The molecular weight excluding hydrogens is 252 g/mol. The van der Waals surface area contributed by atoms with Crippen LogP contribution in [-0.4, -0.2) is 24.1 Å². The first-order valence-corrected chi connectivity index (χ1v) is 6.61. The minimum Gasteiger partial charge on any atom is -0.381 e. The largest absolute Gasteiger partial charge is 0.381 e. The van der Waals surface area contributed by atoms with Crippen LogP contribution < -0.4 is 15.5 Å². The molecule has 0 unspecified atom stereocenters. The number of anilines is 2. The lowest BCUT2D eigenvalue weighted by Gasteiger charge is -2.15. The molecule has 2 heterocycles. The molecule has 3 rings (SSSR count). The van der Waals surface area contributed by atoms with E-state index in [0.717, 1.165) is 30.0 Å². The van der Waals surface area contributed by atoms with Crippen molar-refractivity contribution in [3.05, 3.63) is 54.4 Å². The SMILES string of the molecule is O=C1NCCN1c1ccc(NCc2cccnc2)cc1. The van der Waals surface area contributed by atoms with Crippen molar-refractivity contribution in [1.29, 1.82) is 0 Å². The second-order valence-electron chi connectivity index (χ2n) is 4.65. The number of hydrogen-bond donors (Lipinski definition) is 2. The number of hydrogen-bond acceptors (Lipinski definition) is 3. The first-order chi connectivity index (χ1) is 9.83. The van der Waals surface area contributed by atoms with Gasteiger partial charge in [-0.2, -0.15) is 0 Å². The van der Waals surface area contributed by atoms with E-state index in [1.807, 2.05) is 42.6 Å². The van der Waals surface area contributed by atoms with Crippen LogP contribution in [0.5, 0.6) is 0 Å². The van der Waals surface area contributed by atoms with Crippen molar-refractivity contribution in [3.63, 3.8) is 0 Å². The molecule has 1 aliphatic heterocycles. The smallest absolute Gasteiger partial charge is 0.321 e. The van der Waals surface area contributed by atoms with Gasteiger partial charge in [-0.15, -0.1) is 0 Å². The summed E-state index contributed by atoms with van der Waals surface area (Å²) in [5.41, 5.74) is 3.08. The van der Waals surface area contributed by atoms with Gasteiger partial charge in [0.2, 0.25) is 0 Å². The molecular formula is C15H16N4O. The van der Waals surface area contributed by atoms with E-state index >= 15 is 0 Å². The summed E-state index contributed by atoms with van der Waals surface area (Å²) in [4.78, 5) is 17.4. The highest BCUT2D eigenvalue weighted by molar-refractivity contribution is 5.94. The zero-order chi connectivity index (χ0) is 13.8. The highest BCUT2D eigenvalue weighted by Crippen LogP contribution is 2.19. The Labute approximate surface area is 117 Å². The molecule has 1 saturated heterocycles. The van der Waals surface area contributed by atoms with Crippen molar-refractivity contribution in [3.8, 4) is 0 Å². The molecule has 0 spiro atoms. The van der Waals surface area contributed by atoms with Gasteiger partial charge in [-0.3, -0.25) is 9.88 Å². The normalized spacial score (nSPS) is 14.2. The molecule has 1 fully saturated rings. The van der Waals surface area contributed by atoms with E-state index in [4.69, 9.17) is 0 Å². The van der Waals surface area contributed by atoms with Crippen LogP contribution in [0.15, 0.2) is 48.8 Å². The maximum Gasteiger partial charge on any atom is 0.321 e. The standard InChI is InChI=1S/C15H16N4O/c20-15-17-8-9-19(15)14-5-3-13(4-6-14)18-11-12-2-1-7-16-10-12/h1-7,10,18H,8-9,11H2,(H,17,20). The summed E-state index contributed by atoms with van der Waals surface area (Å²) in [6.07, 6.45) is 3.61. The average Bonchev–Trinajstić information content (AvgIpc) is 2.93. The van der Waals surface area contributed by atoms with E-state index in [9.17, 15) is 4.79 Å². The molecule has 2 N–H and O–H groups in total. The molecule has 0 saturated carbocycles. The van der Waals surface area contributed by atoms with Gasteiger partial charge in [0, 0.05) is 43.4 Å². The zero-order valence-electron chi connectivity index (χ0n) is 11.0. The first-order valence-electron chi connectivity index (χ1n) is 6.61. The number of benzene rings is 1. The molecule has 102 valence electrons. The molecule has 2 amide bonds. The maximum atomic E-state index is 11.6. The van der Waals surface area contributed by atoms with Crippen molar-refractivity contribution in [2.45, 2.75) is 6.54 Å². The number of nitrogens with one attached hydrogen (secondary N) is 2. The predicted octanol–water partition coefficient (Wildman–Crippen LogP) is 2.22. The van der Waals surface area contributed by atoms with Crippen molar-refractivity contribution < 1.29 is 4.79 Å². The number of rotatable bonds is 4. The van der Waals surface area contributed by atoms with Crippen molar-refractivity contribution >= 4 is 17.4 Å². The van der Waals surface area contributed by atoms with Gasteiger partial charge in [-0.05, 0) is 35.9 Å². The van der Waals surface area contributed by atoms with Gasteiger partial charge < -0.3 is 10.6 Å². The molecule has 0 aliphatic carbocycles. The summed E-state index contributed by atoms with van der Waals surface area (Å²) in [6, 6.07) is 11.8. The van der Waals surface area contributed by atoms with E-state index in [0.29, 0.717) is 6.54 Å². The van der Waals surface area contributed by atoms with E-state index in [1.54, 1.807) is 11.1 Å². The van der Waals surface area contributed by atoms with Crippen LogP contribution in [0, 0.1) is 0 Å². The number of aromatic nitrogens is 1. The Kier molecular flexibility index (Phi) is 3.50. The van der Waals surface area contributed by atoms with Gasteiger partial charge in [-0.25, -0.2) is 4.79 Å². The third-order valence-corrected chi connectivity index (χ3v) is 3.26. The quantitative estimate of drug-likeness (QED) is 0.894. The molecule has 1 aromatic heterocycles. The molecule has 2 aromatic rings. The van der Waals surface area contributed by atoms with Crippen LogP contribution in [0.25, 0.3) is 0 Å². The first kappa shape index (κ1) is 12.5. The lowest BCUT2D eigenvalue weighted by Crippen LogP contribution is -2.27. The summed E-state index contributed by atoms with van der Waals surface area (Å²) in [7, 11) is 0. The second kappa shape index (κ2) is 5.61. The monoisotopic (exact) mass is 268 g/mol. The van der Waals surface area contributed by atoms with Gasteiger partial charge in [0.05, 0.1) is 0 Å². The lowest BCUT2D eigenvalue weighted by molar-refractivity contribution is 0.252. The summed E-state index contributed by atoms with van der Waals surface area (Å²) in [5, 5.41) is 6.12. The molecule has 5 heteroatoms. The molecule has 0 bridgehead atoms. The number of pyridine rings is 1. The third-order valence-electron chi connectivity index (χ3n) is 3.26. The van der Waals surface area contributed by atoms with E-state index < -0.39 is 0 Å². The average molecular weight is 268 g/mol. The Balaban J connectivity index is 1.63. The van der Waals surface area contributed by atoms with Gasteiger partial charge >= 0.3 is 6.03 Å². The Morgan fingerprint density at radius 3 is 2.75 bits per heavy atom. The zero-order valence-corrected chi connectivity index (χ0v) is 11.0. The fraction of sp³-hybridized carbons (Fsp3) is 0.200. The highest BCUT2D eigenvalue weighted by atomic mass is 16.2. The highest BCUT2D eigenvalue weighted by Gasteiger charge is 2.20. The molecule has 20 heavy (non-hydrogen) atoms. The Bertz CT molecular complexity index is 583. The van der Waals surface area contributed by atoms with E-state index in [1.165, 1.54) is 0 Å². The minimum atomic E-state index is -0.0268. The fourth-order valence-electron chi connectivity index (χ4n) is 2.18. The third kappa shape index (κ3) is 2.71. The molecule has 5 nitrogen and oxygen atoms in total. The number of carbonyl (C=O) groups excluding carboxylic acids is 1. The van der Waals surface area contributed by atoms with Crippen molar-refractivity contribution in [1.82, 2.24) is 10.3 Å². The second-order valence-corrected chi connectivity index (χ2v) is 4.65. The Morgan fingerprint density at radius 1 is 1.25 bits per heavy atom.